The van der Waals surface area contributed by atoms with E-state index in [1.54, 1.807) is 6.20 Å². The van der Waals surface area contributed by atoms with Gasteiger partial charge in [-0.1, -0.05) is 18.2 Å². The van der Waals surface area contributed by atoms with Crippen molar-refractivity contribution in [2.75, 3.05) is 13.1 Å². The van der Waals surface area contributed by atoms with Crippen molar-refractivity contribution in [1.82, 2.24) is 14.5 Å². The number of aromatic nitrogens is 2. The van der Waals surface area contributed by atoms with Gasteiger partial charge in [-0.3, -0.25) is 4.90 Å². The number of ether oxygens (including phenoxy) is 1. The molecule has 136 valence electrons. The molecule has 1 saturated heterocycles. The highest BCUT2D eigenvalue weighted by Crippen LogP contribution is 2.31. The quantitative estimate of drug-likeness (QED) is 0.875. The van der Waals surface area contributed by atoms with Gasteiger partial charge in [0, 0.05) is 31.5 Å². The molecule has 5 nitrogen and oxygen atoms in total. The minimum atomic E-state index is -0.473. The fourth-order valence-electron chi connectivity index (χ4n) is 3.54. The van der Waals surface area contributed by atoms with Gasteiger partial charge in [0.05, 0.1) is 6.10 Å². The van der Waals surface area contributed by atoms with Crippen LogP contribution in [0.3, 0.4) is 0 Å². The van der Waals surface area contributed by atoms with Gasteiger partial charge in [-0.25, -0.2) is 4.98 Å². The lowest BCUT2D eigenvalue weighted by Crippen LogP contribution is -2.35. The van der Waals surface area contributed by atoms with Crippen molar-refractivity contribution < 1.29 is 9.84 Å². The Bertz CT molecular complexity index is 675. The zero-order valence-electron chi connectivity index (χ0n) is 15.4. The Kier molecular flexibility index (Phi) is 5.76. The summed E-state index contributed by atoms with van der Waals surface area (Å²) in [6, 6.07) is 8.29. The van der Waals surface area contributed by atoms with Crippen LogP contribution < -0.4 is 4.74 Å². The normalized spacial score (nSPS) is 17.8. The van der Waals surface area contributed by atoms with Crippen molar-refractivity contribution in [3.8, 4) is 5.75 Å². The SMILES string of the molecule is CC(C)Oc1ccccc1CN1CCC(C(O)c2nccn2C)CC1. The predicted octanol–water partition coefficient (Wildman–Crippen LogP) is 3.15. The molecule has 1 aromatic carbocycles. The number of hydrogen-bond donors (Lipinski definition) is 1. The van der Waals surface area contributed by atoms with Crippen molar-refractivity contribution >= 4 is 0 Å². The number of imidazole rings is 1. The van der Waals surface area contributed by atoms with Crippen LogP contribution in [0.2, 0.25) is 0 Å². The molecule has 0 aliphatic carbocycles. The molecule has 0 amide bonds. The van der Waals surface area contributed by atoms with E-state index in [1.165, 1.54) is 5.56 Å². The zero-order valence-corrected chi connectivity index (χ0v) is 15.4. The Morgan fingerprint density at radius 1 is 1.24 bits per heavy atom. The van der Waals surface area contributed by atoms with Gasteiger partial charge in [0.2, 0.25) is 0 Å². The molecule has 1 aromatic heterocycles. The fourth-order valence-corrected chi connectivity index (χ4v) is 3.54. The van der Waals surface area contributed by atoms with Crippen LogP contribution in [-0.4, -0.2) is 38.8 Å². The average molecular weight is 343 g/mol. The number of likely N-dealkylation sites (tertiary alicyclic amines) is 1. The van der Waals surface area contributed by atoms with E-state index in [4.69, 9.17) is 4.74 Å². The van der Waals surface area contributed by atoms with Crippen molar-refractivity contribution in [3.05, 3.63) is 48.0 Å². The van der Waals surface area contributed by atoms with Crippen LogP contribution in [0, 0.1) is 5.92 Å². The molecular formula is C20H29N3O2. The van der Waals surface area contributed by atoms with Crippen molar-refractivity contribution in [2.45, 2.75) is 45.4 Å². The Hall–Kier alpha value is -1.85. The molecule has 1 aliphatic heterocycles. The van der Waals surface area contributed by atoms with Gasteiger partial charge < -0.3 is 14.4 Å². The minimum absolute atomic E-state index is 0.180. The van der Waals surface area contributed by atoms with Gasteiger partial charge in [0.25, 0.3) is 0 Å². The molecule has 1 aliphatic rings. The summed E-state index contributed by atoms with van der Waals surface area (Å²) < 4.78 is 7.84. The van der Waals surface area contributed by atoms with E-state index >= 15 is 0 Å². The Labute approximate surface area is 150 Å². The highest BCUT2D eigenvalue weighted by atomic mass is 16.5. The number of nitrogens with zero attached hydrogens (tertiary/aromatic N) is 3. The third-order valence-corrected chi connectivity index (χ3v) is 4.93. The maximum Gasteiger partial charge on any atom is 0.137 e. The Balaban J connectivity index is 1.57. The maximum atomic E-state index is 10.6. The number of para-hydroxylation sites is 1. The smallest absolute Gasteiger partial charge is 0.137 e. The number of hydrogen-bond acceptors (Lipinski definition) is 4. The molecule has 1 unspecified atom stereocenters. The summed E-state index contributed by atoms with van der Waals surface area (Å²) in [7, 11) is 1.94. The first-order valence-corrected chi connectivity index (χ1v) is 9.16. The standard InChI is InChI=1S/C20H29N3O2/c1-15(2)25-18-7-5-4-6-17(18)14-23-11-8-16(9-12-23)19(24)20-21-10-13-22(20)3/h4-7,10,13,15-16,19,24H,8-9,11-12,14H2,1-3H3. The second kappa shape index (κ2) is 8.02. The van der Waals surface area contributed by atoms with Crippen molar-refractivity contribution in [3.63, 3.8) is 0 Å². The summed E-state index contributed by atoms with van der Waals surface area (Å²) in [4.78, 5) is 6.75. The van der Waals surface area contributed by atoms with E-state index < -0.39 is 6.10 Å². The van der Waals surface area contributed by atoms with Crippen molar-refractivity contribution in [2.24, 2.45) is 13.0 Å². The zero-order chi connectivity index (χ0) is 17.8. The average Bonchev–Trinajstić information content (AvgIpc) is 3.02. The molecule has 0 bridgehead atoms. The summed E-state index contributed by atoms with van der Waals surface area (Å²) in [6.07, 6.45) is 5.32. The van der Waals surface area contributed by atoms with E-state index in [0.717, 1.165) is 44.0 Å². The van der Waals surface area contributed by atoms with E-state index in [9.17, 15) is 5.11 Å². The Morgan fingerprint density at radius 3 is 2.60 bits per heavy atom. The summed E-state index contributed by atoms with van der Waals surface area (Å²) >= 11 is 0. The molecule has 5 heteroatoms. The maximum absolute atomic E-state index is 10.6. The first-order valence-electron chi connectivity index (χ1n) is 9.16. The number of piperidine rings is 1. The number of aliphatic hydroxyl groups excluding tert-OH is 1. The van der Waals surface area contributed by atoms with Gasteiger partial charge in [0.15, 0.2) is 0 Å². The van der Waals surface area contributed by atoms with Crippen LogP contribution in [-0.2, 0) is 13.6 Å². The van der Waals surface area contributed by atoms with Gasteiger partial charge in [-0.15, -0.1) is 0 Å². The molecular weight excluding hydrogens is 314 g/mol. The molecule has 0 spiro atoms. The number of benzene rings is 1. The third kappa shape index (κ3) is 4.41. The van der Waals surface area contributed by atoms with E-state index in [1.807, 2.05) is 29.9 Å². The van der Waals surface area contributed by atoms with Crippen LogP contribution in [0.4, 0.5) is 0 Å². The van der Waals surface area contributed by atoms with Crippen LogP contribution >= 0.6 is 0 Å². The monoisotopic (exact) mass is 343 g/mol. The summed E-state index contributed by atoms with van der Waals surface area (Å²) in [5.74, 6) is 2.03. The fraction of sp³-hybridized carbons (Fsp3) is 0.550. The summed E-state index contributed by atoms with van der Waals surface area (Å²) in [5, 5.41) is 10.6. The molecule has 3 rings (SSSR count). The van der Waals surface area contributed by atoms with Crippen LogP contribution in [0.5, 0.6) is 5.75 Å². The summed E-state index contributed by atoms with van der Waals surface area (Å²) in [6.45, 7) is 6.99. The molecule has 1 N–H and O–H groups in total. The highest BCUT2D eigenvalue weighted by Gasteiger charge is 2.28. The van der Waals surface area contributed by atoms with E-state index in [0.29, 0.717) is 0 Å². The number of rotatable bonds is 6. The van der Waals surface area contributed by atoms with Gasteiger partial charge in [-0.2, -0.15) is 0 Å². The number of aliphatic hydroxyl groups is 1. The van der Waals surface area contributed by atoms with E-state index in [-0.39, 0.29) is 12.0 Å². The second-order valence-electron chi connectivity index (χ2n) is 7.23. The van der Waals surface area contributed by atoms with Gasteiger partial charge in [-0.05, 0) is 51.8 Å². The lowest BCUT2D eigenvalue weighted by Gasteiger charge is -2.34. The Morgan fingerprint density at radius 2 is 1.96 bits per heavy atom. The molecule has 0 radical (unpaired) electrons. The third-order valence-electron chi connectivity index (χ3n) is 4.93. The van der Waals surface area contributed by atoms with Gasteiger partial charge >= 0.3 is 0 Å². The van der Waals surface area contributed by atoms with Crippen LogP contribution in [0.1, 0.15) is 44.2 Å². The minimum Gasteiger partial charge on any atom is -0.491 e. The van der Waals surface area contributed by atoms with E-state index in [2.05, 4.69) is 35.9 Å². The van der Waals surface area contributed by atoms with Crippen LogP contribution in [0.25, 0.3) is 0 Å². The first-order chi connectivity index (χ1) is 12.0. The lowest BCUT2D eigenvalue weighted by molar-refractivity contribution is 0.0489. The molecule has 1 atom stereocenters. The lowest BCUT2D eigenvalue weighted by atomic mass is 9.90. The summed E-state index contributed by atoms with van der Waals surface area (Å²) in [5.41, 5.74) is 1.24. The largest absolute Gasteiger partial charge is 0.491 e. The molecule has 25 heavy (non-hydrogen) atoms. The molecule has 2 aromatic rings. The highest BCUT2D eigenvalue weighted by molar-refractivity contribution is 5.33. The van der Waals surface area contributed by atoms with Crippen LogP contribution in [0.15, 0.2) is 36.7 Å². The molecule has 0 saturated carbocycles. The number of aryl methyl sites for hydroxylation is 1. The molecule has 2 heterocycles. The van der Waals surface area contributed by atoms with Crippen molar-refractivity contribution in [1.29, 1.82) is 0 Å². The van der Waals surface area contributed by atoms with Gasteiger partial charge in [0.1, 0.15) is 17.7 Å². The predicted molar refractivity (Wildman–Crippen MR) is 98.4 cm³/mol. The first kappa shape index (κ1) is 18.0. The topological polar surface area (TPSA) is 50.5 Å². The second-order valence-corrected chi connectivity index (χ2v) is 7.23. The molecule has 1 fully saturated rings.